The van der Waals surface area contributed by atoms with Gasteiger partial charge in [-0.25, -0.2) is 0 Å². The molecule has 1 atom stereocenters. The predicted octanol–water partition coefficient (Wildman–Crippen LogP) is 3.17. The van der Waals surface area contributed by atoms with Crippen molar-refractivity contribution in [2.24, 2.45) is 0 Å². The second kappa shape index (κ2) is 4.40. The standard InChI is InChI=1S/C14H18O3/c1-8(2)17-14-12(16-4)6-5-10-11(15)7-9(3)13(10)14/h5-6,8-9H,7H2,1-4H3. The molecule has 0 saturated heterocycles. The van der Waals surface area contributed by atoms with E-state index in [1.54, 1.807) is 7.11 Å². The number of ketones is 1. The molecule has 0 N–H and O–H groups in total. The molecule has 2 rings (SSSR count). The highest BCUT2D eigenvalue weighted by atomic mass is 16.5. The zero-order valence-corrected chi connectivity index (χ0v) is 10.7. The van der Waals surface area contributed by atoms with Crippen LogP contribution in [0.3, 0.4) is 0 Å². The summed E-state index contributed by atoms with van der Waals surface area (Å²) in [6, 6.07) is 3.65. The first-order valence-electron chi connectivity index (χ1n) is 5.95. The number of ether oxygens (including phenoxy) is 2. The number of carbonyl (C=O) groups is 1. The molecule has 3 heteroatoms. The maximum atomic E-state index is 11.8. The van der Waals surface area contributed by atoms with Crippen LogP contribution in [0.2, 0.25) is 0 Å². The van der Waals surface area contributed by atoms with Gasteiger partial charge in [0.1, 0.15) is 0 Å². The first kappa shape index (κ1) is 12.0. The van der Waals surface area contributed by atoms with E-state index in [-0.39, 0.29) is 17.8 Å². The molecular weight excluding hydrogens is 216 g/mol. The van der Waals surface area contributed by atoms with Gasteiger partial charge in [-0.15, -0.1) is 0 Å². The average Bonchev–Trinajstić information content (AvgIpc) is 2.54. The van der Waals surface area contributed by atoms with Crippen LogP contribution in [-0.2, 0) is 0 Å². The maximum absolute atomic E-state index is 11.8. The predicted molar refractivity (Wildman–Crippen MR) is 66.1 cm³/mol. The summed E-state index contributed by atoms with van der Waals surface area (Å²) in [6.07, 6.45) is 0.634. The fraction of sp³-hybridized carbons (Fsp3) is 0.500. The minimum Gasteiger partial charge on any atom is -0.493 e. The number of hydrogen-bond acceptors (Lipinski definition) is 3. The third-order valence-corrected chi connectivity index (χ3v) is 3.02. The molecule has 0 saturated carbocycles. The highest BCUT2D eigenvalue weighted by molar-refractivity contribution is 6.02. The molecule has 0 amide bonds. The molecule has 1 aliphatic rings. The first-order valence-corrected chi connectivity index (χ1v) is 5.95. The van der Waals surface area contributed by atoms with E-state index in [1.165, 1.54) is 0 Å². The minimum absolute atomic E-state index is 0.0679. The van der Waals surface area contributed by atoms with Gasteiger partial charge in [-0.2, -0.15) is 0 Å². The Balaban J connectivity index is 2.57. The summed E-state index contributed by atoms with van der Waals surface area (Å²) in [6.45, 7) is 6.00. The Morgan fingerprint density at radius 3 is 2.65 bits per heavy atom. The molecule has 3 nitrogen and oxygen atoms in total. The van der Waals surface area contributed by atoms with Gasteiger partial charge in [0, 0.05) is 17.5 Å². The molecule has 0 heterocycles. The molecule has 0 spiro atoms. The third-order valence-electron chi connectivity index (χ3n) is 3.02. The van der Waals surface area contributed by atoms with E-state index in [1.807, 2.05) is 26.0 Å². The van der Waals surface area contributed by atoms with Crippen molar-refractivity contribution in [1.82, 2.24) is 0 Å². The van der Waals surface area contributed by atoms with Crippen molar-refractivity contribution in [3.63, 3.8) is 0 Å². The molecule has 0 bridgehead atoms. The van der Waals surface area contributed by atoms with Crippen molar-refractivity contribution in [2.75, 3.05) is 7.11 Å². The van der Waals surface area contributed by atoms with Crippen LogP contribution in [0.5, 0.6) is 11.5 Å². The third kappa shape index (κ3) is 2.02. The Morgan fingerprint density at radius 2 is 2.06 bits per heavy atom. The molecule has 1 aromatic rings. The SMILES string of the molecule is COc1ccc2c(c1OC(C)C)C(C)CC2=O. The van der Waals surface area contributed by atoms with Crippen molar-refractivity contribution < 1.29 is 14.3 Å². The molecule has 1 aromatic carbocycles. The lowest BCUT2D eigenvalue weighted by atomic mass is 10.0. The zero-order chi connectivity index (χ0) is 12.6. The smallest absolute Gasteiger partial charge is 0.165 e. The van der Waals surface area contributed by atoms with Gasteiger partial charge in [0.25, 0.3) is 0 Å². The van der Waals surface area contributed by atoms with E-state index in [9.17, 15) is 4.79 Å². The van der Waals surface area contributed by atoms with E-state index < -0.39 is 0 Å². The maximum Gasteiger partial charge on any atom is 0.165 e. The largest absolute Gasteiger partial charge is 0.493 e. The lowest BCUT2D eigenvalue weighted by molar-refractivity contribution is 0.0990. The molecule has 0 aromatic heterocycles. The number of Topliss-reactive ketones (excluding diaryl/α,β-unsaturated/α-hetero) is 1. The molecule has 1 unspecified atom stereocenters. The van der Waals surface area contributed by atoms with Crippen LogP contribution in [0.1, 0.15) is 49.0 Å². The van der Waals surface area contributed by atoms with Crippen molar-refractivity contribution in [1.29, 1.82) is 0 Å². The molecular formula is C14H18O3. The fourth-order valence-corrected chi connectivity index (χ4v) is 2.32. The van der Waals surface area contributed by atoms with Crippen LogP contribution in [0, 0.1) is 0 Å². The average molecular weight is 234 g/mol. The number of rotatable bonds is 3. The van der Waals surface area contributed by atoms with Crippen molar-refractivity contribution in [3.05, 3.63) is 23.3 Å². The summed E-state index contributed by atoms with van der Waals surface area (Å²) in [7, 11) is 1.62. The van der Waals surface area contributed by atoms with E-state index in [0.29, 0.717) is 12.2 Å². The van der Waals surface area contributed by atoms with Crippen LogP contribution in [0.25, 0.3) is 0 Å². The summed E-state index contributed by atoms with van der Waals surface area (Å²) in [4.78, 5) is 11.8. The van der Waals surface area contributed by atoms with Crippen molar-refractivity contribution in [2.45, 2.75) is 39.2 Å². The first-order chi connectivity index (χ1) is 8.04. The molecule has 1 aliphatic carbocycles. The zero-order valence-electron chi connectivity index (χ0n) is 10.7. The van der Waals surface area contributed by atoms with E-state index in [2.05, 4.69) is 6.92 Å². The van der Waals surface area contributed by atoms with Gasteiger partial charge in [0.2, 0.25) is 0 Å². The number of benzene rings is 1. The Morgan fingerprint density at radius 1 is 1.35 bits per heavy atom. The highest BCUT2D eigenvalue weighted by Gasteiger charge is 2.31. The van der Waals surface area contributed by atoms with Gasteiger partial charge in [-0.3, -0.25) is 4.79 Å². The number of hydrogen-bond donors (Lipinski definition) is 0. The second-order valence-electron chi connectivity index (χ2n) is 4.75. The topological polar surface area (TPSA) is 35.5 Å². The molecule has 92 valence electrons. The van der Waals surface area contributed by atoms with Crippen molar-refractivity contribution >= 4 is 5.78 Å². The lowest BCUT2D eigenvalue weighted by Crippen LogP contribution is -2.09. The quantitative estimate of drug-likeness (QED) is 0.805. The molecule has 0 fully saturated rings. The Hall–Kier alpha value is -1.51. The van der Waals surface area contributed by atoms with Gasteiger partial charge < -0.3 is 9.47 Å². The number of methoxy groups -OCH3 is 1. The van der Waals surface area contributed by atoms with Crippen LogP contribution < -0.4 is 9.47 Å². The number of carbonyl (C=O) groups excluding carboxylic acids is 1. The normalized spacial score (nSPS) is 18.4. The van der Waals surface area contributed by atoms with Gasteiger partial charge in [-0.05, 0) is 31.9 Å². The Kier molecular flexibility index (Phi) is 3.09. The Bertz CT molecular complexity index is 449. The van der Waals surface area contributed by atoms with E-state index >= 15 is 0 Å². The monoisotopic (exact) mass is 234 g/mol. The highest BCUT2D eigenvalue weighted by Crippen LogP contribution is 2.44. The van der Waals surface area contributed by atoms with Gasteiger partial charge in [-0.1, -0.05) is 6.92 Å². The van der Waals surface area contributed by atoms with Crippen LogP contribution >= 0.6 is 0 Å². The van der Waals surface area contributed by atoms with Crippen LogP contribution in [0.15, 0.2) is 12.1 Å². The summed E-state index contributed by atoms with van der Waals surface area (Å²) in [5, 5.41) is 0. The van der Waals surface area contributed by atoms with Gasteiger partial charge in [0.05, 0.1) is 13.2 Å². The van der Waals surface area contributed by atoms with Crippen molar-refractivity contribution in [3.8, 4) is 11.5 Å². The summed E-state index contributed by atoms with van der Waals surface area (Å²) >= 11 is 0. The summed E-state index contributed by atoms with van der Waals surface area (Å²) in [5.41, 5.74) is 1.79. The van der Waals surface area contributed by atoms with Gasteiger partial charge in [0.15, 0.2) is 17.3 Å². The molecule has 0 radical (unpaired) electrons. The van der Waals surface area contributed by atoms with E-state index in [4.69, 9.17) is 9.47 Å². The molecule has 0 aliphatic heterocycles. The van der Waals surface area contributed by atoms with Crippen LogP contribution in [0.4, 0.5) is 0 Å². The van der Waals surface area contributed by atoms with Gasteiger partial charge >= 0.3 is 0 Å². The fourth-order valence-electron chi connectivity index (χ4n) is 2.32. The summed E-state index contributed by atoms with van der Waals surface area (Å²) in [5.74, 6) is 1.85. The molecule has 17 heavy (non-hydrogen) atoms. The number of fused-ring (bicyclic) bond motifs is 1. The minimum atomic E-state index is 0.0679. The van der Waals surface area contributed by atoms with Crippen LogP contribution in [-0.4, -0.2) is 19.0 Å². The summed E-state index contributed by atoms with van der Waals surface area (Å²) < 4.78 is 11.1. The second-order valence-corrected chi connectivity index (χ2v) is 4.75. The Labute approximate surface area is 102 Å². The lowest BCUT2D eigenvalue weighted by Gasteiger charge is -2.18. The van der Waals surface area contributed by atoms with E-state index in [0.717, 1.165) is 16.9 Å².